The SMILES string of the molecule is CCN1CCCC1CNc1ccc2nnc(Cc3ccc(O)cc3)n2n1. The molecule has 0 radical (unpaired) electrons. The first kappa shape index (κ1) is 16.8. The van der Waals surface area contributed by atoms with E-state index in [1.165, 1.54) is 19.4 Å². The van der Waals surface area contributed by atoms with E-state index in [2.05, 4.69) is 32.4 Å². The molecular weight excluding hydrogens is 328 g/mol. The molecule has 1 unspecified atom stereocenters. The second kappa shape index (κ2) is 7.29. The third kappa shape index (κ3) is 3.48. The van der Waals surface area contributed by atoms with Crippen LogP contribution in [0.2, 0.25) is 0 Å². The van der Waals surface area contributed by atoms with Crippen LogP contribution in [0.1, 0.15) is 31.2 Å². The number of benzene rings is 1. The lowest BCUT2D eigenvalue weighted by Crippen LogP contribution is -2.34. The van der Waals surface area contributed by atoms with Gasteiger partial charge in [0.15, 0.2) is 11.5 Å². The second-order valence-electron chi connectivity index (χ2n) is 6.75. The molecule has 1 atom stereocenters. The van der Waals surface area contributed by atoms with Crippen LogP contribution in [0.5, 0.6) is 5.75 Å². The molecule has 0 aliphatic carbocycles. The number of likely N-dealkylation sites (N-methyl/N-ethyl adjacent to an activating group) is 1. The summed E-state index contributed by atoms with van der Waals surface area (Å²) in [7, 11) is 0. The van der Waals surface area contributed by atoms with Gasteiger partial charge in [0.2, 0.25) is 0 Å². The Hall–Kier alpha value is -2.67. The number of hydrogen-bond acceptors (Lipinski definition) is 6. The third-order valence-corrected chi connectivity index (χ3v) is 5.05. The van der Waals surface area contributed by atoms with Gasteiger partial charge in [0.25, 0.3) is 0 Å². The van der Waals surface area contributed by atoms with Gasteiger partial charge < -0.3 is 10.4 Å². The normalized spacial score (nSPS) is 17.8. The Kier molecular flexibility index (Phi) is 4.71. The average Bonchev–Trinajstić information content (AvgIpc) is 3.28. The molecular formula is C19H24N6O. The van der Waals surface area contributed by atoms with Gasteiger partial charge in [-0.15, -0.1) is 15.3 Å². The van der Waals surface area contributed by atoms with Gasteiger partial charge in [-0.2, -0.15) is 4.52 Å². The fourth-order valence-electron chi connectivity index (χ4n) is 3.60. The van der Waals surface area contributed by atoms with Crippen molar-refractivity contribution in [3.63, 3.8) is 0 Å². The number of phenols is 1. The van der Waals surface area contributed by atoms with Crippen molar-refractivity contribution in [2.45, 2.75) is 32.2 Å². The van der Waals surface area contributed by atoms with Crippen LogP contribution in [-0.2, 0) is 6.42 Å². The average molecular weight is 352 g/mol. The van der Waals surface area contributed by atoms with Crippen LogP contribution < -0.4 is 5.32 Å². The van der Waals surface area contributed by atoms with E-state index >= 15 is 0 Å². The van der Waals surface area contributed by atoms with E-state index in [1.807, 2.05) is 24.3 Å². The molecule has 0 bridgehead atoms. The Morgan fingerprint density at radius 3 is 2.81 bits per heavy atom. The number of hydrogen-bond donors (Lipinski definition) is 2. The van der Waals surface area contributed by atoms with Crippen LogP contribution >= 0.6 is 0 Å². The summed E-state index contributed by atoms with van der Waals surface area (Å²) in [5.41, 5.74) is 1.79. The molecule has 2 N–H and O–H groups in total. The fourth-order valence-corrected chi connectivity index (χ4v) is 3.60. The Labute approximate surface area is 152 Å². The molecule has 26 heavy (non-hydrogen) atoms. The van der Waals surface area contributed by atoms with Crippen LogP contribution in [0.4, 0.5) is 5.82 Å². The molecule has 4 rings (SSSR count). The van der Waals surface area contributed by atoms with Gasteiger partial charge in [-0.05, 0) is 55.8 Å². The van der Waals surface area contributed by atoms with E-state index in [4.69, 9.17) is 0 Å². The number of rotatable bonds is 6. The maximum absolute atomic E-state index is 9.42. The van der Waals surface area contributed by atoms with Crippen molar-refractivity contribution < 1.29 is 5.11 Å². The van der Waals surface area contributed by atoms with E-state index in [0.717, 1.165) is 35.9 Å². The molecule has 3 aromatic rings. The zero-order valence-electron chi connectivity index (χ0n) is 15.0. The molecule has 0 amide bonds. The number of nitrogens with one attached hydrogen (secondary N) is 1. The van der Waals surface area contributed by atoms with Gasteiger partial charge >= 0.3 is 0 Å². The smallest absolute Gasteiger partial charge is 0.178 e. The minimum atomic E-state index is 0.262. The van der Waals surface area contributed by atoms with E-state index in [0.29, 0.717) is 12.5 Å². The molecule has 1 aromatic carbocycles. The molecule has 3 heterocycles. The van der Waals surface area contributed by atoms with Crippen LogP contribution in [0, 0.1) is 0 Å². The first-order valence-electron chi connectivity index (χ1n) is 9.20. The molecule has 0 spiro atoms. The standard InChI is InChI=1S/C19H24N6O/c1-2-24-11-3-4-15(24)13-20-17-9-10-18-21-22-19(25(18)23-17)12-14-5-7-16(26)8-6-14/h5-10,15,26H,2-4,11-13H2,1H3,(H,20,23). The maximum Gasteiger partial charge on any atom is 0.178 e. The zero-order valence-corrected chi connectivity index (χ0v) is 15.0. The summed E-state index contributed by atoms with van der Waals surface area (Å²) >= 11 is 0. The van der Waals surface area contributed by atoms with E-state index < -0.39 is 0 Å². The number of aromatic hydroxyl groups is 1. The maximum atomic E-state index is 9.42. The van der Waals surface area contributed by atoms with Crippen LogP contribution in [0.15, 0.2) is 36.4 Å². The van der Waals surface area contributed by atoms with Crippen LogP contribution in [0.3, 0.4) is 0 Å². The predicted molar refractivity (Wildman–Crippen MR) is 100 cm³/mol. The summed E-state index contributed by atoms with van der Waals surface area (Å²) in [4.78, 5) is 2.51. The number of likely N-dealkylation sites (tertiary alicyclic amines) is 1. The molecule has 1 fully saturated rings. The Balaban J connectivity index is 1.50. The fraction of sp³-hybridized carbons (Fsp3) is 0.421. The van der Waals surface area contributed by atoms with Crippen molar-refractivity contribution in [1.29, 1.82) is 0 Å². The number of aromatic nitrogens is 4. The van der Waals surface area contributed by atoms with Crippen molar-refractivity contribution in [3.05, 3.63) is 47.8 Å². The zero-order chi connectivity index (χ0) is 17.9. The second-order valence-corrected chi connectivity index (χ2v) is 6.75. The van der Waals surface area contributed by atoms with Crippen molar-refractivity contribution in [3.8, 4) is 5.75 Å². The van der Waals surface area contributed by atoms with Crippen LogP contribution in [-0.4, -0.2) is 55.5 Å². The first-order chi connectivity index (χ1) is 12.7. The van der Waals surface area contributed by atoms with Crippen molar-refractivity contribution in [2.24, 2.45) is 0 Å². The summed E-state index contributed by atoms with van der Waals surface area (Å²) in [6, 6.07) is 11.6. The molecule has 1 aliphatic heterocycles. The summed E-state index contributed by atoms with van der Waals surface area (Å²) in [5, 5.41) is 26.0. The summed E-state index contributed by atoms with van der Waals surface area (Å²) in [6.07, 6.45) is 3.13. The topological polar surface area (TPSA) is 78.6 Å². The molecule has 1 aliphatic rings. The molecule has 7 heteroatoms. The lowest BCUT2D eigenvalue weighted by molar-refractivity contribution is 0.277. The monoisotopic (exact) mass is 352 g/mol. The third-order valence-electron chi connectivity index (χ3n) is 5.05. The Morgan fingerprint density at radius 1 is 1.15 bits per heavy atom. The van der Waals surface area contributed by atoms with E-state index in [1.54, 1.807) is 16.6 Å². The van der Waals surface area contributed by atoms with E-state index in [-0.39, 0.29) is 5.75 Å². The Bertz CT molecular complexity index is 875. The van der Waals surface area contributed by atoms with Gasteiger partial charge in [-0.25, -0.2) is 0 Å². The van der Waals surface area contributed by atoms with Crippen molar-refractivity contribution >= 4 is 11.5 Å². The molecule has 7 nitrogen and oxygen atoms in total. The molecule has 1 saturated heterocycles. The predicted octanol–water partition coefficient (Wildman–Crippen LogP) is 2.32. The lowest BCUT2D eigenvalue weighted by Gasteiger charge is -2.23. The highest BCUT2D eigenvalue weighted by molar-refractivity contribution is 5.44. The number of phenolic OH excluding ortho intramolecular Hbond substituents is 1. The van der Waals surface area contributed by atoms with Crippen molar-refractivity contribution in [1.82, 2.24) is 24.7 Å². The summed E-state index contributed by atoms with van der Waals surface area (Å²) in [6.45, 7) is 5.41. The quantitative estimate of drug-likeness (QED) is 0.709. The van der Waals surface area contributed by atoms with Gasteiger partial charge in [-0.1, -0.05) is 19.1 Å². The minimum Gasteiger partial charge on any atom is -0.508 e. The molecule has 0 saturated carbocycles. The van der Waals surface area contributed by atoms with Gasteiger partial charge in [0.05, 0.1) is 0 Å². The van der Waals surface area contributed by atoms with E-state index in [9.17, 15) is 5.11 Å². The van der Waals surface area contributed by atoms with Crippen molar-refractivity contribution in [2.75, 3.05) is 25.0 Å². The highest BCUT2D eigenvalue weighted by atomic mass is 16.3. The number of anilines is 1. The molecule has 2 aromatic heterocycles. The summed E-state index contributed by atoms with van der Waals surface area (Å²) < 4.78 is 1.79. The Morgan fingerprint density at radius 2 is 2.00 bits per heavy atom. The van der Waals surface area contributed by atoms with Gasteiger partial charge in [0, 0.05) is 19.0 Å². The summed E-state index contributed by atoms with van der Waals surface area (Å²) in [5.74, 6) is 1.88. The highest BCUT2D eigenvalue weighted by Gasteiger charge is 2.22. The van der Waals surface area contributed by atoms with Crippen LogP contribution in [0.25, 0.3) is 5.65 Å². The van der Waals surface area contributed by atoms with Gasteiger partial charge in [-0.3, -0.25) is 4.90 Å². The lowest BCUT2D eigenvalue weighted by atomic mass is 10.1. The minimum absolute atomic E-state index is 0.262. The number of fused-ring (bicyclic) bond motifs is 1. The van der Waals surface area contributed by atoms with Gasteiger partial charge in [0.1, 0.15) is 11.6 Å². The largest absolute Gasteiger partial charge is 0.508 e. The first-order valence-corrected chi connectivity index (χ1v) is 9.20. The molecule has 136 valence electrons. The number of nitrogens with zero attached hydrogens (tertiary/aromatic N) is 5. The highest BCUT2D eigenvalue weighted by Crippen LogP contribution is 2.18.